The number of imidazole rings is 4. The van der Waals surface area contributed by atoms with Gasteiger partial charge in [0.15, 0.2) is 45.2 Å². The van der Waals surface area contributed by atoms with E-state index in [4.69, 9.17) is 25.7 Å². The van der Waals surface area contributed by atoms with Gasteiger partial charge in [-0.15, -0.1) is 0 Å². The van der Waals surface area contributed by atoms with Gasteiger partial charge in [0.25, 0.3) is 0 Å². The molecule has 24 heteroatoms. The summed E-state index contributed by atoms with van der Waals surface area (Å²) >= 11 is 0. The summed E-state index contributed by atoms with van der Waals surface area (Å²) in [6.45, 7) is 15.6. The minimum Gasteiger partial charge on any atom is -0.345 e. The number of piperidine rings is 3. The van der Waals surface area contributed by atoms with Crippen molar-refractivity contribution in [3.8, 4) is 0 Å². The number of H-pyrrole nitrogens is 4. The van der Waals surface area contributed by atoms with Gasteiger partial charge in [-0.05, 0) is 268 Å². The summed E-state index contributed by atoms with van der Waals surface area (Å²) in [5.41, 5.74) is 27.8. The van der Waals surface area contributed by atoms with E-state index < -0.39 is 0 Å². The molecule has 7 aliphatic rings. The number of rotatable bonds is 13. The van der Waals surface area contributed by atoms with Crippen LogP contribution >= 0.6 is 0 Å². The van der Waals surface area contributed by atoms with E-state index >= 15 is 0 Å². The lowest BCUT2D eigenvalue weighted by molar-refractivity contribution is -0.122. The fourth-order valence-corrected chi connectivity index (χ4v) is 19.5. The summed E-state index contributed by atoms with van der Waals surface area (Å²) in [5, 5.41) is 3.43. The van der Waals surface area contributed by atoms with E-state index in [-0.39, 0.29) is 29.5 Å². The number of hydrogen-bond donors (Lipinski definition) is 6. The van der Waals surface area contributed by atoms with Crippen molar-refractivity contribution in [2.45, 2.75) is 236 Å². The molecule has 0 aromatic carbocycles. The lowest BCUT2D eigenvalue weighted by Gasteiger charge is -2.27. The third kappa shape index (κ3) is 15.2. The molecule has 24 nitrogen and oxygen atoms in total. The van der Waals surface area contributed by atoms with Crippen molar-refractivity contribution in [1.29, 1.82) is 0 Å². The van der Waals surface area contributed by atoms with Gasteiger partial charge in [0.05, 0.1) is 69.6 Å². The predicted octanol–water partition coefficient (Wildman–Crippen LogP) is 14.6. The summed E-state index contributed by atoms with van der Waals surface area (Å²) in [6.07, 6.45) is 49.0. The Hall–Kier alpha value is -8.84. The standard InChI is InChI=1S/2C22H29N5O.C21H27N5O.C19H25N5O/c1-14(28)15-3-5-16(6-4-15)18-11-23-22-21(18)27-13-19(25-20(27)12-24-22)17-7-9-26(2)10-8-17;1-13(28)14-2-4-15(5-3-14)18-10-24-22-21(18)27-12-19(26-20(27)11-25-22)16-6-8-17(23)9-7-16;1-13(27)14-2-4-15(5-3-14)17-10-23-21-20(17)26-12-18(25-19(26)11-24-21)16-6-8-22-9-7-16;1-12(8-13(2)25)15-9-20-19-18(15)24-11-16(22-17(24)10-21-19)14-4-6-23(3)7-5-14/h11-13,15-17,23H,3-10H2,1-2H3;10-12,14-17,24H,2-9,23H2,1H3;10-12,14-16,22-23H,2-9H2,1H3;9-12,14,20H,4-8H2,1-3H3. The van der Waals surface area contributed by atoms with Crippen molar-refractivity contribution < 1.29 is 19.2 Å². The third-order valence-corrected chi connectivity index (χ3v) is 26.2. The lowest BCUT2D eigenvalue weighted by Crippen LogP contribution is -2.29. The van der Waals surface area contributed by atoms with Crippen molar-refractivity contribution in [2.24, 2.45) is 23.5 Å². The van der Waals surface area contributed by atoms with Crippen LogP contribution in [0.15, 0.2) is 74.4 Å². The highest BCUT2D eigenvalue weighted by atomic mass is 16.1. The van der Waals surface area contributed by atoms with Gasteiger partial charge in [-0.25, -0.2) is 39.9 Å². The minimum atomic E-state index is 0.160. The Kier molecular flexibility index (Phi) is 21.5. The second-order valence-electron chi connectivity index (χ2n) is 33.4. The van der Waals surface area contributed by atoms with Gasteiger partial charge in [-0.1, -0.05) is 6.92 Å². The SMILES string of the molecule is CC(=O)C1CCC(c2c[nH]c3ncc4nc(C5CCC(N)CC5)cn4c23)CC1.CC(=O)C1CCC(c2c[nH]c3ncc4nc(C5CCN(C)CC5)cn4c23)CC1.CC(=O)C1CCC(c2c[nH]c3ncc4nc(C5CCNCC5)cn4c23)CC1.CC(=O)CC(C)c1c[nH]c2ncc3nc(C4CCN(C)CC4)cn3c12. The third-order valence-electron chi connectivity index (χ3n) is 26.2. The fourth-order valence-electron chi connectivity index (χ4n) is 19.5. The Morgan fingerprint density at radius 3 is 1.03 bits per heavy atom. The molecule has 15 heterocycles. The minimum absolute atomic E-state index is 0.160. The molecule has 0 amide bonds. The van der Waals surface area contributed by atoms with E-state index in [9.17, 15) is 19.2 Å². The highest BCUT2D eigenvalue weighted by molar-refractivity contribution is 5.84. The molecule has 1 unspecified atom stereocenters. The van der Waals surface area contributed by atoms with Crippen LogP contribution in [0.2, 0.25) is 0 Å². The molecule has 0 radical (unpaired) electrons. The first-order chi connectivity index (χ1) is 52.4. The topological polar surface area (TPSA) is 297 Å². The van der Waals surface area contributed by atoms with Crippen LogP contribution in [0.25, 0.3) is 67.2 Å². The number of nitrogens with one attached hydrogen (secondary N) is 5. The highest BCUT2D eigenvalue weighted by Crippen LogP contribution is 2.44. The fraction of sp³-hybridized carbons (Fsp3) is 0.571. The second-order valence-corrected chi connectivity index (χ2v) is 33.4. The van der Waals surface area contributed by atoms with Crippen LogP contribution < -0.4 is 11.1 Å². The van der Waals surface area contributed by atoms with Gasteiger partial charge < -0.3 is 45.6 Å². The first-order valence-corrected chi connectivity index (χ1v) is 40.7. The summed E-state index contributed by atoms with van der Waals surface area (Å²) in [7, 11) is 4.37. The quantitative estimate of drug-likeness (QED) is 0.0625. The number of aromatic nitrogens is 16. The van der Waals surface area contributed by atoms with Crippen molar-refractivity contribution in [2.75, 3.05) is 53.4 Å². The van der Waals surface area contributed by atoms with Crippen LogP contribution in [-0.2, 0) is 19.2 Å². The van der Waals surface area contributed by atoms with Crippen molar-refractivity contribution in [3.63, 3.8) is 0 Å². The first-order valence-electron chi connectivity index (χ1n) is 40.7. The number of nitrogens with zero attached hydrogens (tertiary/aromatic N) is 14. The predicted molar refractivity (Wildman–Crippen MR) is 422 cm³/mol. The number of aromatic amines is 4. The van der Waals surface area contributed by atoms with Crippen LogP contribution in [0.3, 0.4) is 0 Å². The summed E-state index contributed by atoms with van der Waals surface area (Å²) < 4.78 is 8.87. The van der Waals surface area contributed by atoms with Gasteiger partial charge in [0.2, 0.25) is 0 Å². The molecule has 0 bridgehead atoms. The maximum Gasteiger partial charge on any atom is 0.156 e. The van der Waals surface area contributed by atoms with Crippen molar-refractivity contribution >= 4 is 90.4 Å². The molecule has 7 fully saturated rings. The van der Waals surface area contributed by atoms with Gasteiger partial charge in [-0.3, -0.25) is 32.0 Å². The van der Waals surface area contributed by atoms with E-state index in [0.29, 0.717) is 71.2 Å². The summed E-state index contributed by atoms with van der Waals surface area (Å²) in [5.74, 6) is 5.72. The molecule has 0 spiro atoms. The van der Waals surface area contributed by atoms with E-state index in [0.717, 1.165) is 235 Å². The van der Waals surface area contributed by atoms with Crippen molar-refractivity contribution in [3.05, 3.63) is 119 Å². The molecule has 108 heavy (non-hydrogen) atoms. The monoisotopic (exact) mass is 1460 g/mol. The maximum absolute atomic E-state index is 11.7. The molecule has 4 saturated carbocycles. The second kappa shape index (κ2) is 31.6. The van der Waals surface area contributed by atoms with Gasteiger partial charge in [-0.2, -0.15) is 0 Å². The molecule has 3 aliphatic heterocycles. The van der Waals surface area contributed by atoms with Crippen LogP contribution in [0.5, 0.6) is 0 Å². The Bertz CT molecular complexity index is 5010. The molecule has 12 aromatic heterocycles. The van der Waals surface area contributed by atoms with Gasteiger partial charge in [0, 0.05) is 103 Å². The largest absolute Gasteiger partial charge is 0.345 e. The zero-order chi connectivity index (χ0) is 74.4. The number of fused-ring (bicyclic) bond motifs is 12. The average molecular weight is 1460 g/mol. The number of nitrogens with two attached hydrogens (primary N) is 1. The molecule has 4 aliphatic carbocycles. The number of Topliss-reactive ketones (excluding diaryl/α,β-unsaturated/α-hetero) is 4. The van der Waals surface area contributed by atoms with Crippen LogP contribution in [0, 0.1) is 17.8 Å². The smallest absolute Gasteiger partial charge is 0.156 e. The zero-order valence-corrected chi connectivity index (χ0v) is 64.3. The Morgan fingerprint density at radius 1 is 0.398 bits per heavy atom. The van der Waals surface area contributed by atoms with E-state index in [2.05, 4.69) is 137 Å². The Labute approximate surface area is 630 Å². The van der Waals surface area contributed by atoms with E-state index in [1.807, 2.05) is 31.0 Å². The highest BCUT2D eigenvalue weighted by Gasteiger charge is 2.34. The van der Waals surface area contributed by atoms with E-state index in [1.165, 1.54) is 57.6 Å². The molecule has 7 N–H and O–H groups in total. The number of carbonyl (C=O) groups excluding carboxylic acids is 4. The molecular formula is C84H110N20O4. The summed E-state index contributed by atoms with van der Waals surface area (Å²) in [4.78, 5) is 103. The molecule has 1 atom stereocenters. The number of hydrogen-bond acceptors (Lipinski definition) is 16. The number of carbonyl (C=O) groups is 4. The molecule has 12 aromatic rings. The molecular weight excluding hydrogens is 1350 g/mol. The lowest BCUT2D eigenvalue weighted by atomic mass is 9.78. The number of ketones is 4. The first kappa shape index (κ1) is 73.3. The van der Waals surface area contributed by atoms with Crippen LogP contribution in [-0.4, -0.2) is 170 Å². The zero-order valence-electron chi connectivity index (χ0n) is 64.3. The molecule has 570 valence electrons. The Morgan fingerprint density at radius 2 is 0.694 bits per heavy atom. The molecule has 3 saturated heterocycles. The number of likely N-dealkylation sites (tertiary alicyclic amines) is 2. The Balaban J connectivity index is 0.000000110. The van der Waals surface area contributed by atoms with Crippen LogP contribution in [0.4, 0.5) is 0 Å². The van der Waals surface area contributed by atoms with Gasteiger partial charge in [0.1, 0.15) is 23.1 Å². The normalized spacial score (nSPS) is 24.3. The van der Waals surface area contributed by atoms with Crippen LogP contribution in [0.1, 0.15) is 275 Å². The van der Waals surface area contributed by atoms with E-state index in [1.54, 1.807) is 27.7 Å². The maximum atomic E-state index is 11.7. The van der Waals surface area contributed by atoms with Gasteiger partial charge >= 0.3 is 0 Å². The molecule has 19 rings (SSSR count). The average Bonchev–Trinajstić information content (AvgIpc) is 1.67. The summed E-state index contributed by atoms with van der Waals surface area (Å²) in [6, 6.07) is 0.350. The van der Waals surface area contributed by atoms with Crippen molar-refractivity contribution in [1.82, 2.24) is 92.5 Å².